The van der Waals surface area contributed by atoms with Crippen LogP contribution < -0.4 is 0 Å². The number of aryl methyl sites for hydroxylation is 2. The Bertz CT molecular complexity index is 689. The zero-order valence-electron chi connectivity index (χ0n) is 11.3. The van der Waals surface area contributed by atoms with Gasteiger partial charge in [0.05, 0.1) is 4.47 Å². The van der Waals surface area contributed by atoms with Crippen LogP contribution in [0.25, 0.3) is 6.08 Å². The molecule has 0 aliphatic carbocycles. The molecule has 0 aliphatic rings. The number of halogens is 2. The van der Waals surface area contributed by atoms with Crippen LogP contribution in [0.4, 0.5) is 4.39 Å². The van der Waals surface area contributed by atoms with Crippen molar-refractivity contribution >= 4 is 27.8 Å². The molecular weight excluding hydrogens is 319 g/mol. The fourth-order valence-corrected chi connectivity index (χ4v) is 2.18. The van der Waals surface area contributed by atoms with Crippen LogP contribution in [0.3, 0.4) is 0 Å². The smallest absolute Gasteiger partial charge is 0.185 e. The van der Waals surface area contributed by atoms with Gasteiger partial charge in [-0.25, -0.2) is 4.39 Å². The Balaban J connectivity index is 2.19. The Morgan fingerprint density at radius 3 is 2.50 bits per heavy atom. The van der Waals surface area contributed by atoms with Gasteiger partial charge in [-0.1, -0.05) is 24.3 Å². The van der Waals surface area contributed by atoms with Gasteiger partial charge in [-0.05, 0) is 70.7 Å². The molecule has 0 fully saturated rings. The molecule has 102 valence electrons. The maximum absolute atomic E-state index is 13.1. The van der Waals surface area contributed by atoms with Gasteiger partial charge in [-0.3, -0.25) is 4.79 Å². The van der Waals surface area contributed by atoms with Crippen molar-refractivity contribution in [2.75, 3.05) is 0 Å². The van der Waals surface area contributed by atoms with Gasteiger partial charge in [0.15, 0.2) is 5.78 Å². The molecule has 0 radical (unpaired) electrons. The van der Waals surface area contributed by atoms with Gasteiger partial charge < -0.3 is 0 Å². The number of hydrogen-bond acceptors (Lipinski definition) is 1. The van der Waals surface area contributed by atoms with E-state index in [1.165, 1.54) is 12.1 Å². The third-order valence-electron chi connectivity index (χ3n) is 3.16. The average molecular weight is 333 g/mol. The van der Waals surface area contributed by atoms with E-state index in [1.807, 2.05) is 32.0 Å². The lowest BCUT2D eigenvalue weighted by Crippen LogP contribution is -1.95. The highest BCUT2D eigenvalue weighted by Crippen LogP contribution is 2.18. The molecule has 2 aromatic carbocycles. The van der Waals surface area contributed by atoms with Crippen molar-refractivity contribution in [3.8, 4) is 0 Å². The van der Waals surface area contributed by atoms with Crippen molar-refractivity contribution in [2.24, 2.45) is 0 Å². The summed E-state index contributed by atoms with van der Waals surface area (Å²) >= 11 is 3.12. The Morgan fingerprint density at radius 1 is 1.10 bits per heavy atom. The molecule has 0 saturated carbocycles. The maximum atomic E-state index is 13.1. The number of carbonyl (C=O) groups is 1. The van der Waals surface area contributed by atoms with E-state index in [1.54, 1.807) is 18.2 Å². The summed E-state index contributed by atoms with van der Waals surface area (Å²) in [6.45, 7) is 3.99. The van der Waals surface area contributed by atoms with Gasteiger partial charge in [-0.2, -0.15) is 0 Å². The molecular formula is C17H14BrFO. The predicted molar refractivity (Wildman–Crippen MR) is 83.4 cm³/mol. The zero-order valence-corrected chi connectivity index (χ0v) is 12.9. The quantitative estimate of drug-likeness (QED) is 0.564. The first kappa shape index (κ1) is 14.7. The minimum absolute atomic E-state index is 0.0615. The van der Waals surface area contributed by atoms with Crippen LogP contribution in [0.2, 0.25) is 0 Å². The third-order valence-corrected chi connectivity index (χ3v) is 3.77. The Kier molecular flexibility index (Phi) is 4.50. The highest BCUT2D eigenvalue weighted by Gasteiger charge is 2.04. The van der Waals surface area contributed by atoms with Gasteiger partial charge in [-0.15, -0.1) is 0 Å². The van der Waals surface area contributed by atoms with Gasteiger partial charge in [0.2, 0.25) is 0 Å². The monoisotopic (exact) mass is 332 g/mol. The van der Waals surface area contributed by atoms with E-state index in [2.05, 4.69) is 15.9 Å². The summed E-state index contributed by atoms with van der Waals surface area (Å²) in [5.41, 5.74) is 3.68. The van der Waals surface area contributed by atoms with E-state index in [0.29, 0.717) is 10.0 Å². The van der Waals surface area contributed by atoms with E-state index < -0.39 is 0 Å². The largest absolute Gasteiger partial charge is 0.289 e. The Morgan fingerprint density at radius 2 is 1.85 bits per heavy atom. The zero-order chi connectivity index (χ0) is 14.7. The number of rotatable bonds is 3. The molecule has 0 spiro atoms. The van der Waals surface area contributed by atoms with Crippen molar-refractivity contribution in [1.29, 1.82) is 0 Å². The van der Waals surface area contributed by atoms with E-state index in [-0.39, 0.29) is 11.6 Å². The number of benzene rings is 2. The van der Waals surface area contributed by atoms with Gasteiger partial charge in [0, 0.05) is 5.56 Å². The molecule has 0 amide bonds. The topological polar surface area (TPSA) is 17.1 Å². The summed E-state index contributed by atoms with van der Waals surface area (Å²) in [7, 11) is 0. The Labute approximate surface area is 126 Å². The van der Waals surface area contributed by atoms with Crippen LogP contribution >= 0.6 is 15.9 Å². The van der Waals surface area contributed by atoms with E-state index in [9.17, 15) is 9.18 Å². The molecule has 0 heterocycles. The normalized spacial score (nSPS) is 11.0. The fourth-order valence-electron chi connectivity index (χ4n) is 1.78. The van der Waals surface area contributed by atoms with Gasteiger partial charge >= 0.3 is 0 Å². The minimum Gasteiger partial charge on any atom is -0.289 e. The first-order chi connectivity index (χ1) is 9.47. The minimum atomic E-state index is -0.317. The molecule has 0 bridgehead atoms. The molecule has 3 heteroatoms. The lowest BCUT2D eigenvalue weighted by molar-refractivity contribution is 0.104. The number of carbonyl (C=O) groups excluding carboxylic acids is 1. The maximum Gasteiger partial charge on any atom is 0.185 e. The molecule has 0 saturated heterocycles. The van der Waals surface area contributed by atoms with Gasteiger partial charge in [0.25, 0.3) is 0 Å². The van der Waals surface area contributed by atoms with E-state index >= 15 is 0 Å². The molecule has 0 aliphatic heterocycles. The number of allylic oxidation sites excluding steroid dienone is 1. The first-order valence-electron chi connectivity index (χ1n) is 6.22. The van der Waals surface area contributed by atoms with Crippen molar-refractivity contribution < 1.29 is 9.18 Å². The highest BCUT2D eigenvalue weighted by molar-refractivity contribution is 9.10. The summed E-state index contributed by atoms with van der Waals surface area (Å²) in [6.07, 6.45) is 3.19. The van der Waals surface area contributed by atoms with Crippen molar-refractivity contribution in [2.45, 2.75) is 13.8 Å². The standard InChI is InChI=1S/C17H14BrFO/c1-11-3-6-14(9-12(11)2)17(20)8-5-13-4-7-16(19)15(18)10-13/h3-10H,1-2H3/b8-5+. The van der Waals surface area contributed by atoms with Crippen LogP contribution in [0.15, 0.2) is 46.9 Å². The second-order valence-electron chi connectivity index (χ2n) is 4.67. The summed E-state index contributed by atoms with van der Waals surface area (Å²) in [4.78, 5) is 12.1. The number of hydrogen-bond donors (Lipinski definition) is 0. The lowest BCUT2D eigenvalue weighted by Gasteiger charge is -2.02. The SMILES string of the molecule is Cc1ccc(C(=O)/C=C/c2ccc(F)c(Br)c2)cc1C. The average Bonchev–Trinajstić information content (AvgIpc) is 2.43. The fraction of sp³-hybridized carbons (Fsp3) is 0.118. The lowest BCUT2D eigenvalue weighted by atomic mass is 10.0. The van der Waals surface area contributed by atoms with Crippen LogP contribution in [0.1, 0.15) is 27.0 Å². The second kappa shape index (κ2) is 6.14. The highest BCUT2D eigenvalue weighted by atomic mass is 79.9. The van der Waals surface area contributed by atoms with Crippen molar-refractivity contribution in [3.05, 3.63) is 75.0 Å². The second-order valence-corrected chi connectivity index (χ2v) is 5.52. The summed E-state index contributed by atoms with van der Waals surface area (Å²) in [6, 6.07) is 10.3. The van der Waals surface area contributed by atoms with Gasteiger partial charge in [0.1, 0.15) is 5.82 Å². The first-order valence-corrected chi connectivity index (χ1v) is 7.01. The molecule has 0 aromatic heterocycles. The summed E-state index contributed by atoms with van der Waals surface area (Å²) in [5, 5.41) is 0. The Hall–Kier alpha value is -1.74. The van der Waals surface area contributed by atoms with Crippen LogP contribution in [-0.2, 0) is 0 Å². The molecule has 20 heavy (non-hydrogen) atoms. The molecule has 2 rings (SSSR count). The molecule has 2 aromatic rings. The molecule has 0 unspecified atom stereocenters. The van der Waals surface area contributed by atoms with Crippen molar-refractivity contribution in [3.63, 3.8) is 0 Å². The number of ketones is 1. The summed E-state index contributed by atoms with van der Waals surface area (Å²) in [5.74, 6) is -0.379. The van der Waals surface area contributed by atoms with E-state index in [4.69, 9.17) is 0 Å². The van der Waals surface area contributed by atoms with Crippen LogP contribution in [0.5, 0.6) is 0 Å². The van der Waals surface area contributed by atoms with Crippen molar-refractivity contribution in [1.82, 2.24) is 0 Å². The molecule has 0 N–H and O–H groups in total. The summed E-state index contributed by atoms with van der Waals surface area (Å²) < 4.78 is 13.5. The third kappa shape index (κ3) is 3.42. The van der Waals surface area contributed by atoms with Crippen LogP contribution in [-0.4, -0.2) is 5.78 Å². The van der Waals surface area contributed by atoms with Crippen LogP contribution in [0, 0.1) is 19.7 Å². The van der Waals surface area contributed by atoms with E-state index in [0.717, 1.165) is 16.7 Å². The predicted octanol–water partition coefficient (Wildman–Crippen LogP) is 5.10. The molecule has 1 nitrogen and oxygen atoms in total. The molecule has 0 atom stereocenters.